The molecule has 1 aromatic heterocycles. The third-order valence-corrected chi connectivity index (χ3v) is 4.07. The molecule has 2 aromatic carbocycles. The van der Waals surface area contributed by atoms with Crippen molar-refractivity contribution in [2.24, 2.45) is 0 Å². The Morgan fingerprint density at radius 1 is 1.23 bits per heavy atom. The van der Waals surface area contributed by atoms with Gasteiger partial charge in [-0.15, -0.1) is 0 Å². The predicted molar refractivity (Wildman–Crippen MR) is 95.3 cm³/mol. The maximum absolute atomic E-state index is 12.1. The number of nitrogens with zero attached hydrogens (tertiary/aromatic N) is 2. The number of non-ortho nitro benzene ring substituents is 1. The van der Waals surface area contributed by atoms with Gasteiger partial charge in [0.25, 0.3) is 5.69 Å². The van der Waals surface area contributed by atoms with Crippen LogP contribution >= 0.6 is 11.6 Å². The van der Waals surface area contributed by atoms with Crippen LogP contribution in [0.25, 0.3) is 11.1 Å². The lowest BCUT2D eigenvalue weighted by Crippen LogP contribution is -2.32. The van der Waals surface area contributed by atoms with E-state index >= 15 is 0 Å². The van der Waals surface area contributed by atoms with Crippen LogP contribution in [0, 0.1) is 10.1 Å². The van der Waals surface area contributed by atoms with Crippen LogP contribution in [-0.2, 0) is 17.8 Å². The summed E-state index contributed by atoms with van der Waals surface area (Å²) in [4.78, 5) is 34.2. The van der Waals surface area contributed by atoms with Crippen LogP contribution in [0.15, 0.2) is 51.7 Å². The number of carbonyl (C=O) groups excluding carboxylic acids is 1. The summed E-state index contributed by atoms with van der Waals surface area (Å²) in [6, 6.07) is 11.1. The number of hydrogen-bond acceptors (Lipinski definition) is 5. The highest BCUT2D eigenvalue weighted by Gasteiger charge is 2.16. The summed E-state index contributed by atoms with van der Waals surface area (Å²) in [5.74, 6) is -1.10. The van der Waals surface area contributed by atoms with Gasteiger partial charge < -0.3 is 9.73 Å². The summed E-state index contributed by atoms with van der Waals surface area (Å²) < 4.78 is 6.12. The van der Waals surface area contributed by atoms with Crippen LogP contribution < -0.4 is 11.1 Å². The maximum atomic E-state index is 12.1. The van der Waals surface area contributed by atoms with Crippen molar-refractivity contribution in [3.05, 3.63) is 73.7 Å². The zero-order valence-corrected chi connectivity index (χ0v) is 14.2. The van der Waals surface area contributed by atoms with Crippen molar-refractivity contribution in [1.82, 2.24) is 9.88 Å². The molecule has 1 N–H and O–H groups in total. The number of carbonyl (C=O) groups is 1. The highest BCUT2D eigenvalue weighted by atomic mass is 35.5. The lowest BCUT2D eigenvalue weighted by Gasteiger charge is -2.06. The number of fused-ring (bicyclic) bond motifs is 1. The van der Waals surface area contributed by atoms with Gasteiger partial charge in [0, 0.05) is 17.6 Å². The van der Waals surface area contributed by atoms with Crippen LogP contribution in [-0.4, -0.2) is 21.9 Å². The molecule has 8 nitrogen and oxygen atoms in total. The van der Waals surface area contributed by atoms with Crippen molar-refractivity contribution >= 4 is 34.3 Å². The van der Waals surface area contributed by atoms with Gasteiger partial charge in [-0.2, -0.15) is 0 Å². The molecule has 0 aliphatic carbocycles. The molecule has 0 saturated carbocycles. The van der Waals surface area contributed by atoms with E-state index in [2.05, 4.69) is 5.32 Å². The Bertz CT molecular complexity index is 1020. The van der Waals surface area contributed by atoms with Gasteiger partial charge in [-0.3, -0.25) is 19.5 Å². The molecule has 0 aliphatic heterocycles. The van der Waals surface area contributed by atoms with Gasteiger partial charge in [-0.25, -0.2) is 4.79 Å². The van der Waals surface area contributed by atoms with Gasteiger partial charge in [-0.1, -0.05) is 23.7 Å². The van der Waals surface area contributed by atoms with Crippen LogP contribution in [0.3, 0.4) is 0 Å². The number of oxazole rings is 1. The van der Waals surface area contributed by atoms with Crippen molar-refractivity contribution in [2.45, 2.75) is 13.0 Å². The van der Waals surface area contributed by atoms with Gasteiger partial charge in [0.1, 0.15) is 6.54 Å². The smallest absolute Gasteiger partial charge is 0.407 e. The van der Waals surface area contributed by atoms with Crippen molar-refractivity contribution in [2.75, 3.05) is 6.54 Å². The molecule has 3 aromatic rings. The fourth-order valence-electron chi connectivity index (χ4n) is 2.52. The Balaban J connectivity index is 1.65. The topological polar surface area (TPSA) is 107 Å². The molecular formula is C17H14ClN3O5. The number of halogens is 1. The fraction of sp³-hybridized carbons (Fsp3) is 0.176. The largest absolute Gasteiger partial charge is 0.420 e. The molecule has 26 heavy (non-hydrogen) atoms. The molecule has 0 atom stereocenters. The number of nitro benzene ring substituents is 1. The SMILES string of the molecule is O=C(Cn1c(=O)oc2cc([N+](=O)[O-])ccc21)NCCc1ccc(Cl)cc1. The molecule has 3 rings (SSSR count). The molecule has 9 heteroatoms. The lowest BCUT2D eigenvalue weighted by atomic mass is 10.1. The minimum atomic E-state index is -0.742. The van der Waals surface area contributed by atoms with Gasteiger partial charge in [0.2, 0.25) is 5.91 Å². The predicted octanol–water partition coefficient (Wildman–Crippen LogP) is 2.52. The van der Waals surface area contributed by atoms with E-state index in [1.54, 1.807) is 12.1 Å². The minimum absolute atomic E-state index is 0.0677. The van der Waals surface area contributed by atoms with Crippen molar-refractivity contribution in [3.63, 3.8) is 0 Å². The molecule has 0 bridgehead atoms. The molecule has 0 radical (unpaired) electrons. The van der Waals surface area contributed by atoms with Crippen LogP contribution in [0.1, 0.15) is 5.56 Å². The number of hydrogen-bond donors (Lipinski definition) is 1. The number of amides is 1. The summed E-state index contributed by atoms with van der Waals surface area (Å²) >= 11 is 5.82. The standard InChI is InChI=1S/C17H14ClN3O5/c18-12-3-1-11(2-4-12)7-8-19-16(22)10-20-14-6-5-13(21(24)25)9-15(14)26-17(20)23/h1-6,9H,7-8,10H2,(H,19,22). The normalized spacial score (nSPS) is 10.8. The summed E-state index contributed by atoms with van der Waals surface area (Å²) in [6.07, 6.45) is 0.621. The molecule has 134 valence electrons. The summed E-state index contributed by atoms with van der Waals surface area (Å²) in [5, 5.41) is 14.1. The molecular weight excluding hydrogens is 362 g/mol. The zero-order chi connectivity index (χ0) is 18.7. The zero-order valence-electron chi connectivity index (χ0n) is 13.5. The Morgan fingerprint density at radius 3 is 2.65 bits per heavy atom. The third kappa shape index (κ3) is 3.92. The minimum Gasteiger partial charge on any atom is -0.407 e. The first-order chi connectivity index (χ1) is 12.4. The van der Waals surface area contributed by atoms with E-state index in [1.165, 1.54) is 12.1 Å². The Labute approximate surface area is 152 Å². The second kappa shape index (κ2) is 7.40. The lowest BCUT2D eigenvalue weighted by molar-refractivity contribution is -0.384. The number of rotatable bonds is 6. The van der Waals surface area contributed by atoms with E-state index in [-0.39, 0.29) is 23.7 Å². The molecule has 0 aliphatic rings. The van der Waals surface area contributed by atoms with Crippen LogP contribution in [0.5, 0.6) is 0 Å². The number of benzene rings is 2. The summed E-state index contributed by atoms with van der Waals surface area (Å²) in [6.45, 7) is 0.167. The highest BCUT2D eigenvalue weighted by Crippen LogP contribution is 2.19. The highest BCUT2D eigenvalue weighted by molar-refractivity contribution is 6.30. The fourth-order valence-corrected chi connectivity index (χ4v) is 2.64. The van der Waals surface area contributed by atoms with E-state index in [0.29, 0.717) is 23.5 Å². The summed E-state index contributed by atoms with van der Waals surface area (Å²) in [5.41, 5.74) is 1.23. The first-order valence-electron chi connectivity index (χ1n) is 7.73. The van der Waals surface area contributed by atoms with E-state index in [4.69, 9.17) is 16.0 Å². The van der Waals surface area contributed by atoms with Gasteiger partial charge >= 0.3 is 5.76 Å². The molecule has 0 saturated heterocycles. The van der Waals surface area contributed by atoms with E-state index in [0.717, 1.165) is 16.2 Å². The Hall–Kier alpha value is -3.13. The van der Waals surface area contributed by atoms with Crippen LogP contribution in [0.4, 0.5) is 5.69 Å². The maximum Gasteiger partial charge on any atom is 0.420 e. The second-order valence-corrected chi connectivity index (χ2v) is 6.03. The molecule has 0 spiro atoms. The monoisotopic (exact) mass is 375 g/mol. The summed E-state index contributed by atoms with van der Waals surface area (Å²) in [7, 11) is 0. The quantitative estimate of drug-likeness (QED) is 0.526. The van der Waals surface area contributed by atoms with Gasteiger partial charge in [0.15, 0.2) is 5.58 Å². The van der Waals surface area contributed by atoms with Crippen molar-refractivity contribution in [3.8, 4) is 0 Å². The number of nitrogens with one attached hydrogen (secondary N) is 1. The van der Waals surface area contributed by atoms with E-state index in [1.807, 2.05) is 12.1 Å². The van der Waals surface area contributed by atoms with Gasteiger partial charge in [-0.05, 0) is 30.2 Å². The Morgan fingerprint density at radius 2 is 1.96 bits per heavy atom. The number of aromatic nitrogens is 1. The molecule has 0 fully saturated rings. The molecule has 1 amide bonds. The Kier molecular flexibility index (Phi) is 5.04. The first kappa shape index (κ1) is 17.7. The van der Waals surface area contributed by atoms with Crippen molar-refractivity contribution in [1.29, 1.82) is 0 Å². The third-order valence-electron chi connectivity index (χ3n) is 3.81. The number of nitro groups is 1. The second-order valence-electron chi connectivity index (χ2n) is 5.59. The average Bonchev–Trinajstić information content (AvgIpc) is 2.91. The molecule has 1 heterocycles. The first-order valence-corrected chi connectivity index (χ1v) is 8.11. The average molecular weight is 376 g/mol. The molecule has 0 unspecified atom stereocenters. The van der Waals surface area contributed by atoms with Gasteiger partial charge in [0.05, 0.1) is 16.5 Å². The van der Waals surface area contributed by atoms with E-state index < -0.39 is 10.7 Å². The van der Waals surface area contributed by atoms with E-state index in [9.17, 15) is 19.7 Å². The van der Waals surface area contributed by atoms with Crippen LogP contribution in [0.2, 0.25) is 5.02 Å². The van der Waals surface area contributed by atoms with Crippen molar-refractivity contribution < 1.29 is 14.1 Å².